The SMILES string of the molecule is CCCOCCCNC(=O)c1ccc(/C=C/C(=O)O)cn1. The van der Waals surface area contributed by atoms with Gasteiger partial charge < -0.3 is 15.2 Å². The summed E-state index contributed by atoms with van der Waals surface area (Å²) in [6.45, 7) is 3.94. The third kappa shape index (κ3) is 7.22. The van der Waals surface area contributed by atoms with Gasteiger partial charge in [0.15, 0.2) is 0 Å². The van der Waals surface area contributed by atoms with E-state index in [0.717, 1.165) is 25.5 Å². The smallest absolute Gasteiger partial charge is 0.328 e. The normalized spacial score (nSPS) is 10.7. The second-order valence-corrected chi connectivity index (χ2v) is 4.37. The van der Waals surface area contributed by atoms with E-state index in [1.54, 1.807) is 12.1 Å². The molecule has 0 saturated carbocycles. The highest BCUT2D eigenvalue weighted by Gasteiger charge is 2.05. The van der Waals surface area contributed by atoms with Crippen molar-refractivity contribution >= 4 is 18.0 Å². The Balaban J connectivity index is 2.36. The molecule has 1 amide bonds. The summed E-state index contributed by atoms with van der Waals surface area (Å²) in [7, 11) is 0. The number of aliphatic carboxylic acids is 1. The first-order chi connectivity index (χ1) is 10.1. The molecule has 21 heavy (non-hydrogen) atoms. The van der Waals surface area contributed by atoms with Crippen molar-refractivity contribution < 1.29 is 19.4 Å². The number of carboxylic acid groups (broad SMARTS) is 1. The molecule has 0 spiro atoms. The molecule has 0 aromatic carbocycles. The summed E-state index contributed by atoms with van der Waals surface area (Å²) in [5.74, 6) is -1.28. The molecule has 0 aliphatic rings. The summed E-state index contributed by atoms with van der Waals surface area (Å²) < 4.78 is 5.31. The van der Waals surface area contributed by atoms with Gasteiger partial charge in [0, 0.05) is 32.0 Å². The molecule has 6 heteroatoms. The van der Waals surface area contributed by atoms with Gasteiger partial charge in [0.05, 0.1) is 0 Å². The number of aromatic nitrogens is 1. The lowest BCUT2D eigenvalue weighted by Gasteiger charge is -2.05. The van der Waals surface area contributed by atoms with Gasteiger partial charge in [-0.05, 0) is 30.5 Å². The Morgan fingerprint density at radius 3 is 2.81 bits per heavy atom. The second-order valence-electron chi connectivity index (χ2n) is 4.37. The van der Waals surface area contributed by atoms with Crippen LogP contribution in [0.5, 0.6) is 0 Å². The summed E-state index contributed by atoms with van der Waals surface area (Å²) >= 11 is 0. The monoisotopic (exact) mass is 292 g/mol. The Labute approximate surface area is 123 Å². The zero-order valence-corrected chi connectivity index (χ0v) is 12.0. The number of carbonyl (C=O) groups is 2. The van der Waals surface area contributed by atoms with E-state index < -0.39 is 5.97 Å². The summed E-state index contributed by atoms with van der Waals surface area (Å²) in [6, 6.07) is 3.20. The average molecular weight is 292 g/mol. The highest BCUT2D eigenvalue weighted by atomic mass is 16.5. The summed E-state index contributed by atoms with van der Waals surface area (Å²) in [6.07, 6.45) is 5.64. The van der Waals surface area contributed by atoms with Crippen LogP contribution in [-0.2, 0) is 9.53 Å². The van der Waals surface area contributed by atoms with Gasteiger partial charge in [0.1, 0.15) is 5.69 Å². The lowest BCUT2D eigenvalue weighted by atomic mass is 10.2. The highest BCUT2D eigenvalue weighted by molar-refractivity contribution is 5.92. The summed E-state index contributed by atoms with van der Waals surface area (Å²) in [5.41, 5.74) is 0.930. The lowest BCUT2D eigenvalue weighted by molar-refractivity contribution is -0.131. The number of nitrogens with zero attached hydrogens (tertiary/aromatic N) is 1. The minimum atomic E-state index is -1.03. The van der Waals surface area contributed by atoms with Gasteiger partial charge in [-0.3, -0.25) is 9.78 Å². The van der Waals surface area contributed by atoms with E-state index in [9.17, 15) is 9.59 Å². The van der Waals surface area contributed by atoms with E-state index in [-0.39, 0.29) is 5.91 Å². The van der Waals surface area contributed by atoms with Gasteiger partial charge in [-0.1, -0.05) is 13.0 Å². The van der Waals surface area contributed by atoms with Crippen LogP contribution >= 0.6 is 0 Å². The molecule has 0 bridgehead atoms. The zero-order valence-electron chi connectivity index (χ0n) is 12.0. The van der Waals surface area contributed by atoms with E-state index in [1.165, 1.54) is 12.3 Å². The Kier molecular flexibility index (Phi) is 7.74. The van der Waals surface area contributed by atoms with Crippen molar-refractivity contribution in [3.8, 4) is 0 Å². The van der Waals surface area contributed by atoms with Crippen LogP contribution < -0.4 is 5.32 Å². The minimum absolute atomic E-state index is 0.251. The third-order valence-corrected chi connectivity index (χ3v) is 2.54. The molecule has 2 N–H and O–H groups in total. The summed E-state index contributed by atoms with van der Waals surface area (Å²) in [5, 5.41) is 11.3. The molecule has 1 aromatic heterocycles. The molecule has 1 rings (SSSR count). The Bertz CT molecular complexity index is 483. The maximum absolute atomic E-state index is 11.8. The first-order valence-corrected chi connectivity index (χ1v) is 6.86. The van der Waals surface area contributed by atoms with Gasteiger partial charge in [-0.2, -0.15) is 0 Å². The number of hydrogen-bond acceptors (Lipinski definition) is 4. The third-order valence-electron chi connectivity index (χ3n) is 2.54. The molecule has 114 valence electrons. The van der Waals surface area contributed by atoms with Crippen LogP contribution in [0.25, 0.3) is 6.08 Å². The summed E-state index contributed by atoms with van der Waals surface area (Å²) in [4.78, 5) is 26.2. The molecule has 0 fully saturated rings. The fourth-order valence-electron chi connectivity index (χ4n) is 1.52. The first-order valence-electron chi connectivity index (χ1n) is 6.86. The van der Waals surface area contributed by atoms with Crippen LogP contribution in [0.2, 0.25) is 0 Å². The van der Waals surface area contributed by atoms with Crippen LogP contribution in [0.1, 0.15) is 35.8 Å². The van der Waals surface area contributed by atoms with Crippen molar-refractivity contribution in [2.45, 2.75) is 19.8 Å². The number of hydrogen-bond donors (Lipinski definition) is 2. The lowest BCUT2D eigenvalue weighted by Crippen LogP contribution is -2.26. The van der Waals surface area contributed by atoms with Crippen molar-refractivity contribution in [3.63, 3.8) is 0 Å². The minimum Gasteiger partial charge on any atom is -0.478 e. The average Bonchev–Trinajstić information content (AvgIpc) is 2.49. The first kappa shape index (κ1) is 16.8. The number of ether oxygens (including phenoxy) is 1. The maximum Gasteiger partial charge on any atom is 0.328 e. The molecule has 0 unspecified atom stereocenters. The molecule has 0 aliphatic heterocycles. The Hall–Kier alpha value is -2.21. The van der Waals surface area contributed by atoms with E-state index in [4.69, 9.17) is 9.84 Å². The number of carboxylic acids is 1. The highest BCUT2D eigenvalue weighted by Crippen LogP contribution is 2.02. The molecule has 0 aliphatic carbocycles. The van der Waals surface area contributed by atoms with Gasteiger partial charge in [-0.15, -0.1) is 0 Å². The molecular weight excluding hydrogens is 272 g/mol. The fourth-order valence-corrected chi connectivity index (χ4v) is 1.52. The molecule has 0 saturated heterocycles. The van der Waals surface area contributed by atoms with Gasteiger partial charge in [-0.25, -0.2) is 4.79 Å². The molecular formula is C15H20N2O4. The number of amides is 1. The van der Waals surface area contributed by atoms with E-state index in [2.05, 4.69) is 10.3 Å². The van der Waals surface area contributed by atoms with Crippen LogP contribution in [0.4, 0.5) is 0 Å². The molecule has 6 nitrogen and oxygen atoms in total. The Morgan fingerprint density at radius 1 is 1.38 bits per heavy atom. The zero-order chi connectivity index (χ0) is 15.5. The van der Waals surface area contributed by atoms with E-state index in [0.29, 0.717) is 24.4 Å². The second kappa shape index (κ2) is 9.66. The van der Waals surface area contributed by atoms with Gasteiger partial charge in [0.2, 0.25) is 0 Å². The van der Waals surface area contributed by atoms with Crippen molar-refractivity contribution in [2.75, 3.05) is 19.8 Å². The number of pyridine rings is 1. The van der Waals surface area contributed by atoms with Crippen molar-refractivity contribution in [2.24, 2.45) is 0 Å². The predicted molar refractivity (Wildman–Crippen MR) is 79.0 cm³/mol. The van der Waals surface area contributed by atoms with Crippen LogP contribution in [0.15, 0.2) is 24.4 Å². The van der Waals surface area contributed by atoms with Crippen molar-refractivity contribution in [1.82, 2.24) is 10.3 Å². The van der Waals surface area contributed by atoms with E-state index in [1.807, 2.05) is 6.92 Å². The van der Waals surface area contributed by atoms with Crippen molar-refractivity contribution in [1.29, 1.82) is 0 Å². The molecule has 1 heterocycles. The van der Waals surface area contributed by atoms with E-state index >= 15 is 0 Å². The topological polar surface area (TPSA) is 88.5 Å². The predicted octanol–water partition coefficient (Wildman–Crippen LogP) is 1.73. The fraction of sp³-hybridized carbons (Fsp3) is 0.400. The van der Waals surface area contributed by atoms with Crippen LogP contribution in [0.3, 0.4) is 0 Å². The van der Waals surface area contributed by atoms with Crippen LogP contribution in [0, 0.1) is 0 Å². The quantitative estimate of drug-likeness (QED) is 0.534. The maximum atomic E-state index is 11.8. The number of carbonyl (C=O) groups excluding carboxylic acids is 1. The number of rotatable bonds is 9. The Morgan fingerprint density at radius 2 is 2.19 bits per heavy atom. The van der Waals surface area contributed by atoms with Gasteiger partial charge in [0.25, 0.3) is 5.91 Å². The van der Waals surface area contributed by atoms with Crippen LogP contribution in [-0.4, -0.2) is 41.7 Å². The standard InChI is InChI=1S/C15H20N2O4/c1-2-9-21-10-3-8-16-15(20)13-6-4-12(11-17-13)5-7-14(18)19/h4-7,11H,2-3,8-10H2,1H3,(H,16,20)(H,18,19)/b7-5+. The van der Waals surface area contributed by atoms with Crippen molar-refractivity contribution in [3.05, 3.63) is 35.7 Å². The molecule has 1 aromatic rings. The number of nitrogens with one attached hydrogen (secondary N) is 1. The molecule has 0 atom stereocenters. The molecule has 0 radical (unpaired) electrons. The largest absolute Gasteiger partial charge is 0.478 e. The van der Waals surface area contributed by atoms with Gasteiger partial charge >= 0.3 is 5.97 Å².